The van der Waals surface area contributed by atoms with Crippen molar-refractivity contribution in [2.45, 2.75) is 11.3 Å². The van der Waals surface area contributed by atoms with E-state index in [1.807, 2.05) is 0 Å². The number of carbonyl (C=O) groups excluding carboxylic acids is 1. The van der Waals surface area contributed by atoms with E-state index >= 15 is 0 Å². The van der Waals surface area contributed by atoms with Gasteiger partial charge in [0.2, 0.25) is 15.9 Å². The van der Waals surface area contributed by atoms with Crippen molar-refractivity contribution in [3.63, 3.8) is 0 Å². The van der Waals surface area contributed by atoms with Gasteiger partial charge in [-0.3, -0.25) is 4.79 Å². The summed E-state index contributed by atoms with van der Waals surface area (Å²) in [6.45, 7) is -0.0195. The fourth-order valence-electron chi connectivity index (χ4n) is 1.96. The van der Waals surface area contributed by atoms with Crippen molar-refractivity contribution >= 4 is 31.9 Å². The first-order valence-corrected chi connectivity index (χ1v) is 9.41. The molecule has 0 aromatic heterocycles. The highest BCUT2D eigenvalue weighted by Gasteiger charge is 2.17. The number of hydrogen-bond donors (Lipinski definition) is 2. The number of rotatable bonds is 7. The molecule has 8 heteroatoms. The summed E-state index contributed by atoms with van der Waals surface area (Å²) in [5.74, 6) is -0.753. The second-order valence-corrected chi connectivity index (χ2v) is 7.57. The van der Waals surface area contributed by atoms with Gasteiger partial charge in [0.25, 0.3) is 0 Å². The van der Waals surface area contributed by atoms with Crippen LogP contribution in [-0.4, -0.2) is 27.4 Å². The van der Waals surface area contributed by atoms with Crippen molar-refractivity contribution in [2.75, 3.05) is 13.1 Å². The number of carbonyl (C=O) groups is 1. The lowest BCUT2D eigenvalue weighted by atomic mass is 10.1. The molecule has 0 atom stereocenters. The Morgan fingerprint density at radius 2 is 1.75 bits per heavy atom. The predicted molar refractivity (Wildman–Crippen MR) is 92.4 cm³/mol. The van der Waals surface area contributed by atoms with Gasteiger partial charge in [0.1, 0.15) is 5.82 Å². The molecule has 0 fully saturated rings. The Labute approximate surface area is 148 Å². The first kappa shape index (κ1) is 18.6. The standard InChI is InChI=1S/C16H16BrFN2O3S/c17-14-3-1-2-4-15(14)24(22,23)20-11-16(21)19-10-9-12-5-7-13(18)8-6-12/h1-8,20H,9-11H2,(H,19,21). The van der Waals surface area contributed by atoms with Gasteiger partial charge in [0.15, 0.2) is 0 Å². The Bertz CT molecular complexity index is 810. The number of sulfonamides is 1. The highest BCUT2D eigenvalue weighted by atomic mass is 79.9. The summed E-state index contributed by atoms with van der Waals surface area (Å²) in [4.78, 5) is 11.8. The van der Waals surface area contributed by atoms with Crippen molar-refractivity contribution in [3.8, 4) is 0 Å². The molecule has 0 saturated carbocycles. The molecule has 1 amide bonds. The number of amides is 1. The quantitative estimate of drug-likeness (QED) is 0.729. The molecule has 128 valence electrons. The molecule has 0 aliphatic heterocycles. The fraction of sp³-hybridized carbons (Fsp3) is 0.188. The largest absolute Gasteiger partial charge is 0.355 e. The molecule has 0 heterocycles. The van der Waals surface area contributed by atoms with E-state index in [0.717, 1.165) is 5.56 Å². The average molecular weight is 415 g/mol. The number of benzene rings is 2. The molecular weight excluding hydrogens is 399 g/mol. The summed E-state index contributed by atoms with van der Waals surface area (Å²) in [5, 5.41) is 2.61. The van der Waals surface area contributed by atoms with Gasteiger partial charge >= 0.3 is 0 Å². The van der Waals surface area contributed by atoms with Crippen LogP contribution in [0.2, 0.25) is 0 Å². The van der Waals surface area contributed by atoms with Gasteiger partial charge in [-0.25, -0.2) is 17.5 Å². The van der Waals surface area contributed by atoms with Crippen LogP contribution >= 0.6 is 15.9 Å². The van der Waals surface area contributed by atoms with Gasteiger partial charge in [-0.2, -0.15) is 0 Å². The second kappa shape index (κ2) is 8.36. The fourth-order valence-corrected chi connectivity index (χ4v) is 3.94. The molecule has 5 nitrogen and oxygen atoms in total. The molecule has 0 aliphatic rings. The maximum atomic E-state index is 12.8. The molecule has 0 unspecified atom stereocenters. The summed E-state index contributed by atoms with van der Waals surface area (Å²) in [7, 11) is -3.77. The van der Waals surface area contributed by atoms with Gasteiger partial charge in [-0.15, -0.1) is 0 Å². The van der Waals surface area contributed by atoms with Crippen LogP contribution < -0.4 is 10.0 Å². The average Bonchev–Trinajstić information content (AvgIpc) is 2.55. The van der Waals surface area contributed by atoms with Crippen molar-refractivity contribution in [1.29, 1.82) is 0 Å². The number of nitrogens with one attached hydrogen (secondary N) is 2. The Morgan fingerprint density at radius 1 is 1.08 bits per heavy atom. The topological polar surface area (TPSA) is 75.3 Å². The zero-order valence-corrected chi connectivity index (χ0v) is 15.0. The minimum Gasteiger partial charge on any atom is -0.355 e. The van der Waals surface area contributed by atoms with Gasteiger partial charge in [0, 0.05) is 11.0 Å². The predicted octanol–water partition coefficient (Wildman–Crippen LogP) is 2.23. The van der Waals surface area contributed by atoms with Crippen LogP contribution in [0, 0.1) is 5.82 Å². The van der Waals surface area contributed by atoms with E-state index in [1.54, 1.807) is 30.3 Å². The van der Waals surface area contributed by atoms with Crippen LogP contribution in [-0.2, 0) is 21.2 Å². The summed E-state index contributed by atoms with van der Waals surface area (Å²) in [5.41, 5.74) is 0.880. The van der Waals surface area contributed by atoms with Gasteiger partial charge < -0.3 is 5.32 Å². The Balaban J connectivity index is 1.80. The van der Waals surface area contributed by atoms with Crippen LogP contribution in [0.4, 0.5) is 4.39 Å². The van der Waals surface area contributed by atoms with Crippen LogP contribution in [0.1, 0.15) is 5.56 Å². The van der Waals surface area contributed by atoms with E-state index in [1.165, 1.54) is 18.2 Å². The number of halogens is 2. The zero-order valence-electron chi connectivity index (χ0n) is 12.6. The first-order valence-electron chi connectivity index (χ1n) is 7.14. The lowest BCUT2D eigenvalue weighted by Gasteiger charge is -2.09. The lowest BCUT2D eigenvalue weighted by Crippen LogP contribution is -2.37. The van der Waals surface area contributed by atoms with Crippen molar-refractivity contribution in [2.24, 2.45) is 0 Å². The first-order chi connectivity index (χ1) is 11.4. The molecule has 2 aromatic rings. The summed E-state index contributed by atoms with van der Waals surface area (Å²) >= 11 is 3.17. The van der Waals surface area contributed by atoms with Gasteiger partial charge in [0.05, 0.1) is 11.4 Å². The van der Waals surface area contributed by atoms with E-state index < -0.39 is 15.9 Å². The Morgan fingerprint density at radius 3 is 2.42 bits per heavy atom. The maximum absolute atomic E-state index is 12.8. The van der Waals surface area contributed by atoms with Crippen LogP contribution in [0.3, 0.4) is 0 Å². The third-order valence-electron chi connectivity index (χ3n) is 3.20. The minimum absolute atomic E-state index is 0.0733. The smallest absolute Gasteiger partial charge is 0.242 e. The molecule has 0 bridgehead atoms. The monoisotopic (exact) mass is 414 g/mol. The molecule has 0 spiro atoms. The van der Waals surface area contributed by atoms with E-state index in [4.69, 9.17) is 0 Å². The highest BCUT2D eigenvalue weighted by Crippen LogP contribution is 2.20. The molecule has 24 heavy (non-hydrogen) atoms. The zero-order chi connectivity index (χ0) is 17.6. The van der Waals surface area contributed by atoms with Crippen LogP contribution in [0.15, 0.2) is 57.9 Å². The summed E-state index contributed by atoms with van der Waals surface area (Å²) in [6, 6.07) is 12.3. The molecule has 0 saturated heterocycles. The Kier molecular flexibility index (Phi) is 6.47. The highest BCUT2D eigenvalue weighted by molar-refractivity contribution is 9.10. The maximum Gasteiger partial charge on any atom is 0.242 e. The second-order valence-electron chi connectivity index (χ2n) is 4.98. The van der Waals surface area contributed by atoms with E-state index in [0.29, 0.717) is 17.4 Å². The summed E-state index contributed by atoms with van der Waals surface area (Å²) in [6.07, 6.45) is 0.531. The van der Waals surface area contributed by atoms with Gasteiger partial charge in [-0.05, 0) is 52.2 Å². The molecule has 0 radical (unpaired) electrons. The SMILES string of the molecule is O=C(CNS(=O)(=O)c1ccccc1Br)NCCc1ccc(F)cc1. The van der Waals surface area contributed by atoms with Crippen LogP contribution in [0.5, 0.6) is 0 Å². The molecular formula is C16H16BrFN2O3S. The van der Waals surface area contributed by atoms with E-state index in [-0.39, 0.29) is 17.3 Å². The normalized spacial score (nSPS) is 11.2. The Hall–Kier alpha value is -1.77. The minimum atomic E-state index is -3.77. The third-order valence-corrected chi connectivity index (χ3v) is 5.61. The summed E-state index contributed by atoms with van der Waals surface area (Å²) < 4.78 is 39.7. The number of hydrogen-bond acceptors (Lipinski definition) is 3. The molecule has 0 aliphatic carbocycles. The van der Waals surface area contributed by atoms with E-state index in [9.17, 15) is 17.6 Å². The van der Waals surface area contributed by atoms with E-state index in [2.05, 4.69) is 26.0 Å². The van der Waals surface area contributed by atoms with Crippen molar-refractivity contribution in [3.05, 3.63) is 64.4 Å². The molecule has 2 aromatic carbocycles. The van der Waals surface area contributed by atoms with Crippen molar-refractivity contribution < 1.29 is 17.6 Å². The van der Waals surface area contributed by atoms with Crippen LogP contribution in [0.25, 0.3) is 0 Å². The third kappa shape index (κ3) is 5.40. The molecule has 2 N–H and O–H groups in total. The lowest BCUT2D eigenvalue weighted by molar-refractivity contribution is -0.119. The molecule has 2 rings (SSSR count). The van der Waals surface area contributed by atoms with Gasteiger partial charge in [-0.1, -0.05) is 24.3 Å². The van der Waals surface area contributed by atoms with Crippen molar-refractivity contribution in [1.82, 2.24) is 10.0 Å².